The fourth-order valence-corrected chi connectivity index (χ4v) is 4.99. The van der Waals surface area contributed by atoms with Crippen LogP contribution in [-0.2, 0) is 4.74 Å². The van der Waals surface area contributed by atoms with Crippen molar-refractivity contribution >= 4 is 45.2 Å². The topological polar surface area (TPSA) is 38.8 Å². The molecule has 0 spiro atoms. The van der Waals surface area contributed by atoms with Gasteiger partial charge in [0.05, 0.1) is 4.47 Å². The van der Waals surface area contributed by atoms with Crippen molar-refractivity contribution in [2.75, 3.05) is 13.1 Å². The molecule has 29 heavy (non-hydrogen) atoms. The molecule has 2 atom stereocenters. The maximum absolute atomic E-state index is 12.6. The van der Waals surface area contributed by atoms with Gasteiger partial charge in [0, 0.05) is 46.6 Å². The number of fused-ring (bicyclic) bond motifs is 3. The Morgan fingerprint density at radius 2 is 2.00 bits per heavy atom. The predicted molar refractivity (Wildman–Crippen MR) is 119 cm³/mol. The van der Waals surface area contributed by atoms with Crippen molar-refractivity contribution in [3.63, 3.8) is 0 Å². The first-order valence-corrected chi connectivity index (χ1v) is 11.1. The number of rotatable bonds is 1. The highest BCUT2D eigenvalue weighted by atomic mass is 79.9. The number of nitrogens with zero attached hydrogens (tertiary/aromatic N) is 1. The van der Waals surface area contributed by atoms with Crippen LogP contribution in [0.5, 0.6) is 5.75 Å². The normalized spacial score (nSPS) is 20.7. The highest BCUT2D eigenvalue weighted by Gasteiger charge is 2.42. The first-order valence-electron chi connectivity index (χ1n) is 9.56. The second-order valence-corrected chi connectivity index (χ2v) is 10.2. The third-order valence-electron chi connectivity index (χ3n) is 5.18. The molecule has 0 aliphatic carbocycles. The summed E-state index contributed by atoms with van der Waals surface area (Å²) in [6.45, 7) is 6.83. The lowest BCUT2D eigenvalue weighted by molar-refractivity contribution is 0.0118. The molecule has 0 bridgehead atoms. The van der Waals surface area contributed by atoms with Crippen LogP contribution in [0.4, 0.5) is 4.79 Å². The van der Waals surface area contributed by atoms with Gasteiger partial charge in [-0.3, -0.25) is 0 Å². The van der Waals surface area contributed by atoms with Gasteiger partial charge in [-0.15, -0.1) is 0 Å². The number of carbonyl (C=O) groups excluding carboxylic acids is 1. The van der Waals surface area contributed by atoms with Crippen molar-refractivity contribution in [1.82, 2.24) is 4.90 Å². The van der Waals surface area contributed by atoms with Gasteiger partial charge in [0.15, 0.2) is 0 Å². The van der Waals surface area contributed by atoms with Crippen LogP contribution in [0.2, 0.25) is 10.0 Å². The van der Waals surface area contributed by atoms with E-state index in [1.807, 2.05) is 39.0 Å². The molecule has 1 fully saturated rings. The van der Waals surface area contributed by atoms with E-state index in [9.17, 15) is 4.79 Å². The molecule has 0 N–H and O–H groups in total. The van der Waals surface area contributed by atoms with Gasteiger partial charge in [-0.05, 0) is 66.5 Å². The number of halogens is 3. The zero-order chi connectivity index (χ0) is 20.9. The van der Waals surface area contributed by atoms with Crippen LogP contribution in [0, 0.1) is 0 Å². The zero-order valence-electron chi connectivity index (χ0n) is 16.5. The molecule has 2 aliphatic rings. The Kier molecular flexibility index (Phi) is 5.51. The number of hydrogen-bond acceptors (Lipinski definition) is 3. The molecule has 7 heteroatoms. The minimum Gasteiger partial charge on any atom is -0.488 e. The smallest absolute Gasteiger partial charge is 0.410 e. The summed E-state index contributed by atoms with van der Waals surface area (Å²) in [6.07, 6.45) is 0.540. The third-order valence-corrected chi connectivity index (χ3v) is 6.32. The van der Waals surface area contributed by atoms with E-state index in [2.05, 4.69) is 22.0 Å². The standard InChI is InChI=1S/C22H22BrCl2NO3/c1-22(2,3)29-21(27)26-7-6-19-16(11-26)15-8-12(9-17(23)20(15)28-19)14-5-4-13(24)10-18(14)25/h4-5,8-10,16,19H,6-7,11H2,1-3H3. The second-order valence-electron chi connectivity index (χ2n) is 8.48. The van der Waals surface area contributed by atoms with Gasteiger partial charge in [0.25, 0.3) is 0 Å². The fourth-order valence-electron chi connectivity index (χ4n) is 3.91. The lowest BCUT2D eigenvalue weighted by Gasteiger charge is -2.35. The maximum atomic E-state index is 12.6. The summed E-state index contributed by atoms with van der Waals surface area (Å²) in [4.78, 5) is 14.3. The number of ether oxygens (including phenoxy) is 2. The Hall–Kier alpha value is -1.43. The third kappa shape index (κ3) is 4.23. The van der Waals surface area contributed by atoms with Gasteiger partial charge < -0.3 is 14.4 Å². The highest BCUT2D eigenvalue weighted by Crippen LogP contribution is 2.48. The number of hydrogen-bond donors (Lipinski definition) is 0. The monoisotopic (exact) mass is 497 g/mol. The van der Waals surface area contributed by atoms with E-state index in [1.54, 1.807) is 11.0 Å². The second kappa shape index (κ2) is 7.68. The van der Waals surface area contributed by atoms with E-state index < -0.39 is 5.60 Å². The SMILES string of the molecule is CC(C)(C)OC(=O)N1CCC2Oc3c(Br)cc(-c4ccc(Cl)cc4Cl)cc3C2C1. The molecule has 2 unspecified atom stereocenters. The lowest BCUT2D eigenvalue weighted by atomic mass is 9.88. The van der Waals surface area contributed by atoms with Crippen LogP contribution in [0.15, 0.2) is 34.8 Å². The molecule has 2 heterocycles. The molecule has 2 aromatic rings. The minimum atomic E-state index is -0.514. The van der Waals surface area contributed by atoms with E-state index in [4.69, 9.17) is 32.7 Å². The van der Waals surface area contributed by atoms with E-state index in [0.717, 1.165) is 33.3 Å². The molecule has 4 nitrogen and oxygen atoms in total. The molecule has 154 valence electrons. The van der Waals surface area contributed by atoms with Crippen molar-refractivity contribution in [2.24, 2.45) is 0 Å². The Balaban J connectivity index is 1.65. The molecule has 0 saturated carbocycles. The highest BCUT2D eigenvalue weighted by molar-refractivity contribution is 9.10. The largest absolute Gasteiger partial charge is 0.488 e. The van der Waals surface area contributed by atoms with Crippen molar-refractivity contribution in [3.8, 4) is 16.9 Å². The van der Waals surface area contributed by atoms with E-state index in [-0.39, 0.29) is 18.1 Å². The van der Waals surface area contributed by atoms with Crippen molar-refractivity contribution < 1.29 is 14.3 Å². The van der Waals surface area contributed by atoms with Crippen molar-refractivity contribution in [2.45, 2.75) is 44.8 Å². The van der Waals surface area contributed by atoms with Crippen LogP contribution >= 0.6 is 39.1 Å². The first-order chi connectivity index (χ1) is 13.6. The predicted octanol–water partition coefficient (Wildman–Crippen LogP) is 6.91. The molecule has 2 aliphatic heterocycles. The van der Waals surface area contributed by atoms with Gasteiger partial charge >= 0.3 is 6.09 Å². The fraction of sp³-hybridized carbons (Fsp3) is 0.409. The maximum Gasteiger partial charge on any atom is 0.410 e. The van der Waals surface area contributed by atoms with Gasteiger partial charge in [0.2, 0.25) is 0 Å². The summed E-state index contributed by atoms with van der Waals surface area (Å²) in [5, 5.41) is 1.20. The summed E-state index contributed by atoms with van der Waals surface area (Å²) in [5.41, 5.74) is 2.46. The molecule has 1 saturated heterocycles. The molecule has 2 aromatic carbocycles. The summed E-state index contributed by atoms with van der Waals surface area (Å²) >= 11 is 16.1. The summed E-state index contributed by atoms with van der Waals surface area (Å²) in [7, 11) is 0. The number of carbonyl (C=O) groups is 1. The quantitative estimate of drug-likeness (QED) is 0.428. The first kappa shape index (κ1) is 20.8. The van der Waals surface area contributed by atoms with E-state index in [0.29, 0.717) is 23.1 Å². The average molecular weight is 499 g/mol. The van der Waals surface area contributed by atoms with Crippen LogP contribution in [0.3, 0.4) is 0 Å². The number of likely N-dealkylation sites (tertiary alicyclic amines) is 1. The Bertz CT molecular complexity index is 973. The molecular weight excluding hydrogens is 477 g/mol. The van der Waals surface area contributed by atoms with Gasteiger partial charge in [-0.1, -0.05) is 29.3 Å². The Labute approximate surface area is 189 Å². The van der Waals surface area contributed by atoms with Gasteiger partial charge in [-0.2, -0.15) is 0 Å². The van der Waals surface area contributed by atoms with Gasteiger partial charge in [0.1, 0.15) is 17.5 Å². The Morgan fingerprint density at radius 1 is 1.24 bits per heavy atom. The summed E-state index contributed by atoms with van der Waals surface area (Å²) in [5.74, 6) is 0.938. The zero-order valence-corrected chi connectivity index (χ0v) is 19.6. The van der Waals surface area contributed by atoms with E-state index in [1.165, 1.54) is 0 Å². The molecular formula is C22H22BrCl2NO3. The number of piperidine rings is 1. The molecule has 4 rings (SSSR count). The average Bonchev–Trinajstić information content (AvgIpc) is 2.99. The van der Waals surface area contributed by atoms with Gasteiger partial charge in [-0.25, -0.2) is 4.79 Å². The van der Waals surface area contributed by atoms with Crippen LogP contribution in [0.25, 0.3) is 11.1 Å². The van der Waals surface area contributed by atoms with Crippen molar-refractivity contribution in [1.29, 1.82) is 0 Å². The van der Waals surface area contributed by atoms with Crippen LogP contribution in [-0.4, -0.2) is 35.8 Å². The summed E-state index contributed by atoms with van der Waals surface area (Å²) < 4.78 is 12.7. The Morgan fingerprint density at radius 3 is 2.69 bits per heavy atom. The summed E-state index contributed by atoms with van der Waals surface area (Å²) in [6, 6.07) is 9.60. The number of amides is 1. The van der Waals surface area contributed by atoms with Crippen LogP contribution in [0.1, 0.15) is 38.7 Å². The molecule has 0 radical (unpaired) electrons. The van der Waals surface area contributed by atoms with Crippen LogP contribution < -0.4 is 4.74 Å². The number of benzene rings is 2. The molecule has 0 aromatic heterocycles. The van der Waals surface area contributed by atoms with E-state index >= 15 is 0 Å². The lowest BCUT2D eigenvalue weighted by Crippen LogP contribution is -2.46. The van der Waals surface area contributed by atoms with Crippen molar-refractivity contribution in [3.05, 3.63) is 50.4 Å². The molecule has 1 amide bonds. The minimum absolute atomic E-state index is 0.0518.